The second kappa shape index (κ2) is 4.51. The average molecular weight is 278 g/mol. The van der Waals surface area contributed by atoms with Crippen LogP contribution in [0, 0.1) is 0 Å². The van der Waals surface area contributed by atoms with Gasteiger partial charge >= 0.3 is 0 Å². The van der Waals surface area contributed by atoms with Gasteiger partial charge in [0.1, 0.15) is 5.01 Å². The molecule has 5 nitrogen and oxygen atoms in total. The van der Waals surface area contributed by atoms with E-state index in [2.05, 4.69) is 15.5 Å². The predicted molar refractivity (Wildman–Crippen MR) is 74.6 cm³/mol. The van der Waals surface area contributed by atoms with Gasteiger partial charge in [-0.25, -0.2) is 0 Å². The lowest BCUT2D eigenvalue weighted by molar-refractivity contribution is 0.752. The van der Waals surface area contributed by atoms with Gasteiger partial charge < -0.3 is 9.88 Å². The molecule has 3 rings (SSSR count). The minimum Gasteiger partial charge on any atom is -0.363 e. The Morgan fingerprint density at radius 1 is 1.39 bits per heavy atom. The van der Waals surface area contributed by atoms with Crippen LogP contribution < -0.4 is 10.9 Å². The van der Waals surface area contributed by atoms with Crippen LogP contribution in [-0.4, -0.2) is 21.8 Å². The predicted octanol–water partition coefficient (Wildman–Crippen LogP) is 2.00. The van der Waals surface area contributed by atoms with Crippen LogP contribution in [0.1, 0.15) is 5.01 Å². The van der Waals surface area contributed by atoms with Crippen molar-refractivity contribution in [3.63, 3.8) is 0 Å². The van der Waals surface area contributed by atoms with Crippen molar-refractivity contribution in [3.05, 3.63) is 39.1 Å². The van der Waals surface area contributed by atoms with Gasteiger partial charge in [-0.15, -0.1) is 21.5 Å². The third kappa shape index (κ3) is 1.91. The summed E-state index contributed by atoms with van der Waals surface area (Å²) in [6, 6.07) is 3.82. The van der Waals surface area contributed by atoms with Gasteiger partial charge in [-0.3, -0.25) is 4.79 Å². The Balaban J connectivity index is 1.99. The summed E-state index contributed by atoms with van der Waals surface area (Å²) in [5.74, 6) is 0. The van der Waals surface area contributed by atoms with E-state index in [4.69, 9.17) is 0 Å². The second-order valence-corrected chi connectivity index (χ2v) is 5.71. The molecule has 0 aromatic carbocycles. The van der Waals surface area contributed by atoms with Crippen molar-refractivity contribution in [2.75, 3.05) is 12.4 Å². The zero-order chi connectivity index (χ0) is 12.5. The lowest BCUT2D eigenvalue weighted by Gasteiger charge is -2.01. The van der Waals surface area contributed by atoms with Crippen molar-refractivity contribution >= 4 is 37.9 Å². The number of nitrogens with one attached hydrogen (secondary N) is 1. The van der Waals surface area contributed by atoms with Crippen LogP contribution in [0.15, 0.2) is 28.5 Å². The fraction of sp³-hybridized carbons (Fsp3) is 0.182. The molecule has 0 spiro atoms. The molecule has 92 valence electrons. The Hall–Kier alpha value is -1.73. The molecule has 3 heterocycles. The number of pyridine rings is 1. The summed E-state index contributed by atoms with van der Waals surface area (Å²) < 4.78 is 2.68. The molecular formula is C11H10N4OS2. The highest BCUT2D eigenvalue weighted by atomic mass is 32.1. The Bertz CT molecular complexity index is 743. The molecule has 1 N–H and O–H groups in total. The summed E-state index contributed by atoms with van der Waals surface area (Å²) in [6.07, 6.45) is 1.81. The Morgan fingerprint density at radius 2 is 2.28 bits per heavy atom. The summed E-state index contributed by atoms with van der Waals surface area (Å²) in [7, 11) is 1.80. The molecule has 0 bridgehead atoms. The van der Waals surface area contributed by atoms with Crippen molar-refractivity contribution in [1.29, 1.82) is 0 Å². The largest absolute Gasteiger partial charge is 0.363 e. The SMILES string of the molecule is CNc1nnc(Cn2ccc3sccc3c2=O)s1. The van der Waals surface area contributed by atoms with Crippen LogP contribution in [0.5, 0.6) is 0 Å². The maximum atomic E-state index is 12.2. The van der Waals surface area contributed by atoms with Crippen LogP contribution in [0.2, 0.25) is 0 Å². The molecule has 3 aromatic heterocycles. The third-order valence-electron chi connectivity index (χ3n) is 2.58. The first-order valence-corrected chi connectivity index (χ1v) is 7.04. The van der Waals surface area contributed by atoms with Gasteiger partial charge in [0.05, 0.1) is 11.9 Å². The standard InChI is InChI=1S/C11H10N4OS2/c1-12-11-14-13-9(18-11)6-15-4-2-8-7(10(15)16)3-5-17-8/h2-5H,6H2,1H3,(H,12,14). The van der Waals surface area contributed by atoms with Gasteiger partial charge in [-0.05, 0) is 17.5 Å². The molecule has 0 saturated heterocycles. The van der Waals surface area contributed by atoms with Crippen molar-refractivity contribution in [1.82, 2.24) is 14.8 Å². The second-order valence-electron chi connectivity index (χ2n) is 3.70. The maximum absolute atomic E-state index is 12.2. The van der Waals surface area contributed by atoms with Crippen LogP contribution in [0.4, 0.5) is 5.13 Å². The number of anilines is 1. The third-order valence-corrected chi connectivity index (χ3v) is 4.39. The monoisotopic (exact) mass is 278 g/mol. The first-order chi connectivity index (χ1) is 8.78. The number of nitrogens with zero attached hydrogens (tertiary/aromatic N) is 3. The van der Waals surface area contributed by atoms with Gasteiger partial charge in [-0.2, -0.15) is 0 Å². The summed E-state index contributed by atoms with van der Waals surface area (Å²) in [4.78, 5) is 12.2. The van der Waals surface area contributed by atoms with Crippen molar-refractivity contribution in [2.45, 2.75) is 6.54 Å². The highest BCUT2D eigenvalue weighted by Crippen LogP contribution is 2.18. The van der Waals surface area contributed by atoms with E-state index in [1.54, 1.807) is 23.0 Å². The lowest BCUT2D eigenvalue weighted by Crippen LogP contribution is -2.19. The van der Waals surface area contributed by atoms with Crippen LogP contribution >= 0.6 is 22.7 Å². The molecule has 0 radical (unpaired) electrons. The lowest BCUT2D eigenvalue weighted by atomic mass is 10.3. The van der Waals surface area contributed by atoms with E-state index in [1.807, 2.05) is 23.7 Å². The van der Waals surface area contributed by atoms with E-state index in [9.17, 15) is 4.79 Å². The molecule has 0 aliphatic carbocycles. The number of hydrogen-bond donors (Lipinski definition) is 1. The molecule has 0 aliphatic rings. The molecule has 0 fully saturated rings. The molecule has 0 atom stereocenters. The van der Waals surface area contributed by atoms with E-state index >= 15 is 0 Å². The molecule has 7 heteroatoms. The Kier molecular flexibility index (Phi) is 2.85. The van der Waals surface area contributed by atoms with Crippen molar-refractivity contribution in [2.24, 2.45) is 0 Å². The number of aromatic nitrogens is 3. The van der Waals surface area contributed by atoms with Crippen LogP contribution in [0.3, 0.4) is 0 Å². The first-order valence-electron chi connectivity index (χ1n) is 5.35. The van der Waals surface area contributed by atoms with E-state index < -0.39 is 0 Å². The number of thiophene rings is 1. The maximum Gasteiger partial charge on any atom is 0.259 e. The number of hydrogen-bond acceptors (Lipinski definition) is 6. The van der Waals surface area contributed by atoms with Crippen LogP contribution in [-0.2, 0) is 6.54 Å². The van der Waals surface area contributed by atoms with E-state index in [-0.39, 0.29) is 5.56 Å². The first kappa shape index (κ1) is 11.4. The quantitative estimate of drug-likeness (QED) is 0.796. The average Bonchev–Trinajstić information content (AvgIpc) is 3.01. The van der Waals surface area contributed by atoms with E-state index in [0.29, 0.717) is 6.54 Å². The zero-order valence-corrected chi connectivity index (χ0v) is 11.2. The number of fused-ring (bicyclic) bond motifs is 1. The van der Waals surface area contributed by atoms with Gasteiger partial charge in [0.2, 0.25) is 5.13 Å². The molecule has 0 amide bonds. The number of rotatable bonds is 3. The summed E-state index contributed by atoms with van der Waals surface area (Å²) in [6.45, 7) is 0.462. The van der Waals surface area contributed by atoms with Crippen LogP contribution in [0.25, 0.3) is 10.1 Å². The highest BCUT2D eigenvalue weighted by molar-refractivity contribution is 7.17. The smallest absolute Gasteiger partial charge is 0.259 e. The zero-order valence-electron chi connectivity index (χ0n) is 9.58. The van der Waals surface area contributed by atoms with Gasteiger partial charge in [0.25, 0.3) is 5.56 Å². The van der Waals surface area contributed by atoms with Gasteiger partial charge in [-0.1, -0.05) is 11.3 Å². The molecule has 3 aromatic rings. The molecule has 0 aliphatic heterocycles. The topological polar surface area (TPSA) is 59.8 Å². The summed E-state index contributed by atoms with van der Waals surface area (Å²) in [5.41, 5.74) is 0.0231. The fourth-order valence-electron chi connectivity index (χ4n) is 1.70. The molecule has 0 saturated carbocycles. The normalized spacial score (nSPS) is 10.9. The molecular weight excluding hydrogens is 268 g/mol. The van der Waals surface area contributed by atoms with E-state index in [1.165, 1.54) is 11.3 Å². The molecule has 18 heavy (non-hydrogen) atoms. The minimum absolute atomic E-state index is 0.0231. The Morgan fingerprint density at radius 3 is 3.06 bits per heavy atom. The van der Waals surface area contributed by atoms with Gasteiger partial charge in [0.15, 0.2) is 0 Å². The Labute approximate surface area is 111 Å². The summed E-state index contributed by atoms with van der Waals surface area (Å²) in [5, 5.41) is 15.2. The van der Waals surface area contributed by atoms with Crippen molar-refractivity contribution < 1.29 is 0 Å². The van der Waals surface area contributed by atoms with Crippen molar-refractivity contribution in [3.8, 4) is 0 Å². The van der Waals surface area contributed by atoms with Gasteiger partial charge in [0, 0.05) is 17.9 Å². The van der Waals surface area contributed by atoms with E-state index in [0.717, 1.165) is 20.2 Å². The fourth-order valence-corrected chi connectivity index (χ4v) is 3.16. The summed E-state index contributed by atoms with van der Waals surface area (Å²) >= 11 is 3.03. The highest BCUT2D eigenvalue weighted by Gasteiger charge is 2.07. The minimum atomic E-state index is 0.0231. The molecule has 0 unspecified atom stereocenters.